The molecule has 0 radical (unpaired) electrons. The number of benzene rings is 1. The first-order valence-electron chi connectivity index (χ1n) is 7.73. The van der Waals surface area contributed by atoms with Crippen LogP contribution in [-0.2, 0) is 14.8 Å². The van der Waals surface area contributed by atoms with E-state index in [1.807, 2.05) is 24.3 Å². The summed E-state index contributed by atoms with van der Waals surface area (Å²) in [7, 11) is -3.44. The average Bonchev–Trinajstić information content (AvgIpc) is 3.16. The van der Waals surface area contributed by atoms with Gasteiger partial charge in [0, 0.05) is 36.7 Å². The molecule has 3 rings (SSSR count). The molecule has 1 aliphatic rings. The highest BCUT2D eigenvalue weighted by Gasteiger charge is 2.30. The van der Waals surface area contributed by atoms with E-state index in [-0.39, 0.29) is 5.91 Å². The maximum absolute atomic E-state index is 12.5. The van der Waals surface area contributed by atoms with Gasteiger partial charge in [0.05, 0.1) is 0 Å². The Morgan fingerprint density at radius 3 is 2.36 bits per heavy atom. The van der Waals surface area contributed by atoms with Crippen LogP contribution in [0.15, 0.2) is 56.5 Å². The summed E-state index contributed by atoms with van der Waals surface area (Å²) in [6.07, 6.45) is 3.30. The Balaban J connectivity index is 1.58. The van der Waals surface area contributed by atoms with Gasteiger partial charge in [0.2, 0.25) is 5.91 Å². The largest absolute Gasteiger partial charge is 0.337 e. The summed E-state index contributed by atoms with van der Waals surface area (Å²) < 4.78 is 27.7. The lowest BCUT2D eigenvalue weighted by Gasteiger charge is -2.33. The number of hydrogen-bond acceptors (Lipinski definition) is 4. The highest BCUT2D eigenvalue weighted by molar-refractivity contribution is 9.10. The van der Waals surface area contributed by atoms with Crippen LogP contribution < -0.4 is 0 Å². The molecule has 25 heavy (non-hydrogen) atoms. The van der Waals surface area contributed by atoms with Crippen LogP contribution in [0.5, 0.6) is 0 Å². The Morgan fingerprint density at radius 1 is 1.08 bits per heavy atom. The van der Waals surface area contributed by atoms with Gasteiger partial charge in [-0.1, -0.05) is 34.1 Å². The van der Waals surface area contributed by atoms with Crippen LogP contribution in [0, 0.1) is 0 Å². The maximum atomic E-state index is 12.5. The van der Waals surface area contributed by atoms with Gasteiger partial charge in [-0.05, 0) is 35.2 Å². The van der Waals surface area contributed by atoms with Crippen molar-refractivity contribution >= 4 is 49.3 Å². The minimum atomic E-state index is -3.44. The molecule has 2 heterocycles. The van der Waals surface area contributed by atoms with E-state index in [2.05, 4.69) is 15.9 Å². The summed E-state index contributed by atoms with van der Waals surface area (Å²) in [5.41, 5.74) is 0.940. The molecule has 1 amide bonds. The summed E-state index contributed by atoms with van der Waals surface area (Å²) >= 11 is 4.58. The molecule has 1 saturated heterocycles. The molecule has 0 saturated carbocycles. The van der Waals surface area contributed by atoms with Crippen LogP contribution in [0.25, 0.3) is 6.08 Å². The molecule has 1 fully saturated rings. The highest BCUT2D eigenvalue weighted by Crippen LogP contribution is 2.22. The van der Waals surface area contributed by atoms with Crippen LogP contribution in [0.3, 0.4) is 0 Å². The van der Waals surface area contributed by atoms with Crippen LogP contribution in [-0.4, -0.2) is 49.7 Å². The van der Waals surface area contributed by atoms with Crippen LogP contribution >= 0.6 is 27.3 Å². The Labute approximate surface area is 159 Å². The van der Waals surface area contributed by atoms with Crippen molar-refractivity contribution < 1.29 is 13.2 Å². The fourth-order valence-electron chi connectivity index (χ4n) is 2.53. The second kappa shape index (κ2) is 7.82. The topological polar surface area (TPSA) is 57.7 Å². The van der Waals surface area contributed by atoms with E-state index >= 15 is 0 Å². The zero-order chi connectivity index (χ0) is 17.9. The zero-order valence-electron chi connectivity index (χ0n) is 13.3. The van der Waals surface area contributed by atoms with Crippen molar-refractivity contribution in [3.63, 3.8) is 0 Å². The van der Waals surface area contributed by atoms with Crippen LogP contribution in [0.1, 0.15) is 5.56 Å². The van der Waals surface area contributed by atoms with E-state index in [1.165, 1.54) is 21.7 Å². The Kier molecular flexibility index (Phi) is 5.73. The standard InChI is InChI=1S/C17H17BrN2O3S2/c18-15-6-3-14(4-7-15)5-8-16(21)19-9-11-20(12-10-19)25(22,23)17-2-1-13-24-17/h1-8,13H,9-12H2. The fraction of sp³-hybridized carbons (Fsp3) is 0.235. The number of rotatable bonds is 4. The number of halogens is 1. The first-order valence-corrected chi connectivity index (χ1v) is 10.8. The second-order valence-corrected chi connectivity index (χ2v) is 9.57. The molecule has 8 heteroatoms. The quantitative estimate of drug-likeness (QED) is 0.686. The molecule has 0 spiro atoms. The van der Waals surface area contributed by atoms with Crippen molar-refractivity contribution in [2.75, 3.05) is 26.2 Å². The third kappa shape index (κ3) is 4.38. The lowest BCUT2D eigenvalue weighted by Crippen LogP contribution is -2.50. The molecular formula is C17H17BrN2O3S2. The van der Waals surface area contributed by atoms with Crippen molar-refractivity contribution in [1.82, 2.24) is 9.21 Å². The lowest BCUT2D eigenvalue weighted by molar-refractivity contribution is -0.127. The number of carbonyl (C=O) groups excluding carboxylic acids is 1. The van der Waals surface area contributed by atoms with Gasteiger partial charge in [-0.3, -0.25) is 4.79 Å². The van der Waals surface area contributed by atoms with Crippen LogP contribution in [0.4, 0.5) is 0 Å². The van der Waals surface area contributed by atoms with Gasteiger partial charge in [0.1, 0.15) is 4.21 Å². The molecule has 132 valence electrons. The number of amides is 1. The first-order chi connectivity index (χ1) is 12.0. The van der Waals surface area contributed by atoms with Gasteiger partial charge < -0.3 is 4.90 Å². The molecule has 0 atom stereocenters. The SMILES string of the molecule is O=C(C=Cc1ccc(Br)cc1)N1CCN(S(=O)(=O)c2cccs2)CC1. The average molecular weight is 441 g/mol. The third-order valence-corrected chi connectivity index (χ3v) is 7.73. The second-order valence-electron chi connectivity index (χ2n) is 5.55. The molecule has 1 aromatic heterocycles. The highest BCUT2D eigenvalue weighted by atomic mass is 79.9. The van der Waals surface area contributed by atoms with E-state index in [0.29, 0.717) is 30.4 Å². The fourth-order valence-corrected chi connectivity index (χ4v) is 5.36. The Hall–Kier alpha value is -1.48. The van der Waals surface area contributed by atoms with Gasteiger partial charge in [0.25, 0.3) is 10.0 Å². The van der Waals surface area contributed by atoms with Gasteiger partial charge in [-0.2, -0.15) is 4.31 Å². The summed E-state index contributed by atoms with van der Waals surface area (Å²) in [4.78, 5) is 14.0. The van der Waals surface area contributed by atoms with Crippen molar-refractivity contribution in [2.45, 2.75) is 4.21 Å². The molecule has 0 bridgehead atoms. The number of piperazine rings is 1. The van der Waals surface area contributed by atoms with E-state index in [0.717, 1.165) is 10.0 Å². The van der Waals surface area contributed by atoms with E-state index in [4.69, 9.17) is 0 Å². The Morgan fingerprint density at radius 2 is 1.76 bits per heavy atom. The summed E-state index contributed by atoms with van der Waals surface area (Å²) in [5.74, 6) is -0.101. The molecule has 2 aromatic rings. The molecular weight excluding hydrogens is 424 g/mol. The summed E-state index contributed by atoms with van der Waals surface area (Å²) in [6.45, 7) is 1.43. The molecule has 0 unspecified atom stereocenters. The number of carbonyl (C=O) groups is 1. The molecule has 5 nitrogen and oxygen atoms in total. The number of nitrogens with zero attached hydrogens (tertiary/aromatic N) is 2. The molecule has 1 aromatic carbocycles. The van der Waals surface area contributed by atoms with Gasteiger partial charge in [-0.25, -0.2) is 8.42 Å². The van der Waals surface area contributed by atoms with Gasteiger partial charge in [-0.15, -0.1) is 11.3 Å². The third-order valence-electron chi connectivity index (χ3n) is 3.93. The normalized spacial score (nSPS) is 16.4. The minimum Gasteiger partial charge on any atom is -0.337 e. The summed E-state index contributed by atoms with van der Waals surface area (Å²) in [5, 5.41) is 1.75. The van der Waals surface area contributed by atoms with Gasteiger partial charge in [0.15, 0.2) is 0 Å². The first kappa shape index (κ1) is 18.3. The summed E-state index contributed by atoms with van der Waals surface area (Å²) in [6, 6.07) is 11.0. The minimum absolute atomic E-state index is 0.101. The number of sulfonamides is 1. The molecule has 0 aliphatic carbocycles. The number of thiophene rings is 1. The monoisotopic (exact) mass is 440 g/mol. The smallest absolute Gasteiger partial charge is 0.252 e. The maximum Gasteiger partial charge on any atom is 0.252 e. The zero-order valence-corrected chi connectivity index (χ0v) is 16.6. The van der Waals surface area contributed by atoms with Crippen molar-refractivity contribution in [3.8, 4) is 0 Å². The van der Waals surface area contributed by atoms with Gasteiger partial charge >= 0.3 is 0 Å². The molecule has 1 aliphatic heterocycles. The van der Waals surface area contributed by atoms with E-state index < -0.39 is 10.0 Å². The lowest BCUT2D eigenvalue weighted by atomic mass is 10.2. The van der Waals surface area contributed by atoms with E-state index in [1.54, 1.807) is 28.5 Å². The van der Waals surface area contributed by atoms with E-state index in [9.17, 15) is 13.2 Å². The Bertz CT molecular complexity index is 854. The predicted octanol–water partition coefficient (Wildman–Crippen LogP) is 3.06. The van der Waals surface area contributed by atoms with Crippen molar-refractivity contribution in [2.24, 2.45) is 0 Å². The van der Waals surface area contributed by atoms with Crippen LogP contribution in [0.2, 0.25) is 0 Å². The van der Waals surface area contributed by atoms with Crippen molar-refractivity contribution in [1.29, 1.82) is 0 Å². The number of hydrogen-bond donors (Lipinski definition) is 0. The van der Waals surface area contributed by atoms with Crippen molar-refractivity contribution in [3.05, 3.63) is 57.9 Å². The molecule has 0 N–H and O–H groups in total. The predicted molar refractivity (Wildman–Crippen MR) is 103 cm³/mol.